The third-order valence-corrected chi connectivity index (χ3v) is 3.37. The molecule has 0 aliphatic rings. The molecule has 0 heterocycles. The van der Waals surface area contributed by atoms with Gasteiger partial charge in [-0.15, -0.1) is 0 Å². The first-order valence-corrected chi connectivity index (χ1v) is 8.01. The summed E-state index contributed by atoms with van der Waals surface area (Å²) in [6, 6.07) is 7.34. The molecule has 1 aromatic rings. The normalized spacial score (nSPS) is 13.8. The number of alkyl carbamates (subject to hydrolysis) is 1. The fourth-order valence-corrected chi connectivity index (χ4v) is 2.01. The molecule has 0 saturated carbocycles. The van der Waals surface area contributed by atoms with Gasteiger partial charge in [0.05, 0.1) is 6.04 Å². The van der Waals surface area contributed by atoms with E-state index in [1.165, 1.54) is 5.56 Å². The van der Waals surface area contributed by atoms with Crippen LogP contribution in [0.2, 0.25) is 0 Å². The molecule has 2 unspecified atom stereocenters. The van der Waals surface area contributed by atoms with Crippen LogP contribution in [0.1, 0.15) is 58.7 Å². The molecule has 0 aromatic heterocycles. The Kier molecular flexibility index (Phi) is 6.61. The maximum atomic E-state index is 12.2. The summed E-state index contributed by atoms with van der Waals surface area (Å²) in [5.41, 5.74) is 1.70. The van der Waals surface area contributed by atoms with Crippen LogP contribution in [0.5, 0.6) is 0 Å². The van der Waals surface area contributed by atoms with Gasteiger partial charge < -0.3 is 15.4 Å². The maximum Gasteiger partial charge on any atom is 0.408 e. The van der Waals surface area contributed by atoms with Crippen molar-refractivity contribution in [2.45, 2.75) is 65.6 Å². The number of aryl methyl sites for hydroxylation is 1. The lowest BCUT2D eigenvalue weighted by atomic mass is 10.0. The first-order valence-electron chi connectivity index (χ1n) is 8.01. The van der Waals surface area contributed by atoms with Crippen molar-refractivity contribution in [1.29, 1.82) is 0 Å². The molecule has 5 nitrogen and oxygen atoms in total. The summed E-state index contributed by atoms with van der Waals surface area (Å²) >= 11 is 0. The number of carbonyl (C=O) groups excluding carboxylic acids is 2. The van der Waals surface area contributed by atoms with E-state index in [2.05, 4.69) is 29.7 Å². The summed E-state index contributed by atoms with van der Waals surface area (Å²) in [7, 11) is 0. The summed E-state index contributed by atoms with van der Waals surface area (Å²) in [5.74, 6) is -0.247. The van der Waals surface area contributed by atoms with Crippen molar-refractivity contribution in [3.8, 4) is 0 Å². The Morgan fingerprint density at radius 3 is 2.13 bits per heavy atom. The third kappa shape index (κ3) is 6.72. The number of nitrogens with one attached hydrogen (secondary N) is 2. The summed E-state index contributed by atoms with van der Waals surface area (Å²) in [6.45, 7) is 11.0. The lowest BCUT2D eigenvalue weighted by Crippen LogP contribution is -2.47. The SMILES string of the molecule is CCc1ccc(C(C)NC(=O)C(C)NC(=O)OC(C)(C)C)cc1. The quantitative estimate of drug-likeness (QED) is 0.874. The van der Waals surface area contributed by atoms with Crippen molar-refractivity contribution in [2.75, 3.05) is 0 Å². The molecule has 2 N–H and O–H groups in total. The molecule has 0 saturated heterocycles. The standard InChI is InChI=1S/C18H28N2O3/c1-7-14-8-10-15(11-9-14)12(2)19-16(21)13(3)20-17(22)23-18(4,5)6/h8-13H,7H2,1-6H3,(H,19,21)(H,20,22). The Morgan fingerprint density at radius 1 is 1.09 bits per heavy atom. The number of carbonyl (C=O) groups is 2. The van der Waals surface area contributed by atoms with Crippen LogP contribution in [0.25, 0.3) is 0 Å². The molecule has 0 aliphatic heterocycles. The summed E-state index contributed by atoms with van der Waals surface area (Å²) in [6.07, 6.45) is 0.387. The van der Waals surface area contributed by atoms with E-state index in [0.717, 1.165) is 12.0 Å². The van der Waals surface area contributed by atoms with Gasteiger partial charge >= 0.3 is 6.09 Å². The van der Waals surface area contributed by atoms with Crippen LogP contribution in [-0.4, -0.2) is 23.6 Å². The van der Waals surface area contributed by atoms with Gasteiger partial charge in [-0.25, -0.2) is 4.79 Å². The van der Waals surface area contributed by atoms with Gasteiger partial charge in [-0.1, -0.05) is 31.2 Å². The van der Waals surface area contributed by atoms with E-state index in [0.29, 0.717) is 0 Å². The Bertz CT molecular complexity index is 532. The smallest absolute Gasteiger partial charge is 0.408 e. The van der Waals surface area contributed by atoms with Crippen molar-refractivity contribution in [3.63, 3.8) is 0 Å². The zero-order valence-corrected chi connectivity index (χ0v) is 14.9. The molecule has 0 aliphatic carbocycles. The summed E-state index contributed by atoms with van der Waals surface area (Å²) in [5, 5.41) is 5.43. The first-order chi connectivity index (χ1) is 10.6. The number of benzene rings is 1. The zero-order valence-electron chi connectivity index (χ0n) is 14.9. The Labute approximate surface area is 138 Å². The third-order valence-electron chi connectivity index (χ3n) is 3.37. The van der Waals surface area contributed by atoms with Gasteiger partial charge in [-0.2, -0.15) is 0 Å². The average Bonchev–Trinajstić information content (AvgIpc) is 2.45. The van der Waals surface area contributed by atoms with Crippen LogP contribution in [-0.2, 0) is 16.0 Å². The highest BCUT2D eigenvalue weighted by atomic mass is 16.6. The molecular weight excluding hydrogens is 292 g/mol. The molecule has 5 heteroatoms. The minimum atomic E-state index is -0.665. The van der Waals surface area contributed by atoms with E-state index in [1.54, 1.807) is 27.7 Å². The molecule has 2 atom stereocenters. The number of ether oxygens (including phenoxy) is 1. The van der Waals surface area contributed by atoms with Gasteiger partial charge in [0, 0.05) is 0 Å². The summed E-state index contributed by atoms with van der Waals surface area (Å²) in [4.78, 5) is 23.9. The van der Waals surface area contributed by atoms with Gasteiger partial charge in [-0.3, -0.25) is 4.79 Å². The molecule has 2 amide bonds. The van der Waals surface area contributed by atoms with Crippen LogP contribution in [0.4, 0.5) is 4.79 Å². The van der Waals surface area contributed by atoms with Crippen molar-refractivity contribution in [2.24, 2.45) is 0 Å². The first kappa shape index (κ1) is 19.0. The van der Waals surface area contributed by atoms with Crippen LogP contribution in [0.3, 0.4) is 0 Å². The van der Waals surface area contributed by atoms with Gasteiger partial charge in [0.1, 0.15) is 11.6 Å². The number of hydrogen-bond acceptors (Lipinski definition) is 3. The zero-order chi connectivity index (χ0) is 17.6. The molecule has 128 valence electrons. The highest BCUT2D eigenvalue weighted by Gasteiger charge is 2.22. The van der Waals surface area contributed by atoms with Gasteiger partial charge in [0.25, 0.3) is 0 Å². The van der Waals surface area contributed by atoms with E-state index < -0.39 is 17.7 Å². The highest BCUT2D eigenvalue weighted by molar-refractivity contribution is 5.85. The molecule has 23 heavy (non-hydrogen) atoms. The molecule has 0 bridgehead atoms. The minimum absolute atomic E-state index is 0.128. The molecule has 1 rings (SSSR count). The second-order valence-electron chi connectivity index (χ2n) is 6.69. The molecule has 0 fully saturated rings. The fraction of sp³-hybridized carbons (Fsp3) is 0.556. The van der Waals surface area contributed by atoms with Crippen molar-refractivity contribution in [1.82, 2.24) is 10.6 Å². The molecular formula is C18H28N2O3. The summed E-state index contributed by atoms with van der Waals surface area (Å²) < 4.78 is 5.14. The van der Waals surface area contributed by atoms with Crippen LogP contribution in [0, 0.1) is 0 Å². The Morgan fingerprint density at radius 2 is 1.65 bits per heavy atom. The highest BCUT2D eigenvalue weighted by Crippen LogP contribution is 2.14. The minimum Gasteiger partial charge on any atom is -0.444 e. The largest absolute Gasteiger partial charge is 0.444 e. The second-order valence-corrected chi connectivity index (χ2v) is 6.69. The van der Waals surface area contributed by atoms with Crippen molar-refractivity contribution >= 4 is 12.0 Å². The predicted molar refractivity (Wildman–Crippen MR) is 91.2 cm³/mol. The Balaban J connectivity index is 2.54. The lowest BCUT2D eigenvalue weighted by Gasteiger charge is -2.22. The van der Waals surface area contributed by atoms with E-state index in [4.69, 9.17) is 4.74 Å². The van der Waals surface area contributed by atoms with Crippen LogP contribution in [0.15, 0.2) is 24.3 Å². The van der Waals surface area contributed by atoms with E-state index >= 15 is 0 Å². The monoisotopic (exact) mass is 320 g/mol. The topological polar surface area (TPSA) is 67.4 Å². The molecule has 0 radical (unpaired) electrons. The predicted octanol–water partition coefficient (Wildman–Crippen LogP) is 3.34. The van der Waals surface area contributed by atoms with E-state index in [1.807, 2.05) is 19.1 Å². The Hall–Kier alpha value is -2.04. The molecule has 0 spiro atoms. The fourth-order valence-electron chi connectivity index (χ4n) is 2.01. The number of hydrogen-bond donors (Lipinski definition) is 2. The van der Waals surface area contributed by atoms with Crippen molar-refractivity contribution in [3.05, 3.63) is 35.4 Å². The maximum absolute atomic E-state index is 12.2. The van der Waals surface area contributed by atoms with Gasteiger partial charge in [0.15, 0.2) is 0 Å². The van der Waals surface area contributed by atoms with E-state index in [-0.39, 0.29) is 11.9 Å². The van der Waals surface area contributed by atoms with Gasteiger partial charge in [0.2, 0.25) is 5.91 Å². The van der Waals surface area contributed by atoms with E-state index in [9.17, 15) is 9.59 Å². The average molecular weight is 320 g/mol. The number of amides is 2. The lowest BCUT2D eigenvalue weighted by molar-refractivity contribution is -0.123. The van der Waals surface area contributed by atoms with Crippen molar-refractivity contribution < 1.29 is 14.3 Å². The van der Waals surface area contributed by atoms with Crippen LogP contribution >= 0.6 is 0 Å². The second kappa shape index (κ2) is 7.99. The van der Waals surface area contributed by atoms with Gasteiger partial charge in [-0.05, 0) is 52.2 Å². The number of rotatable bonds is 5. The van der Waals surface area contributed by atoms with Crippen LogP contribution < -0.4 is 10.6 Å². The molecule has 1 aromatic carbocycles.